The molecule has 0 saturated carbocycles. The van der Waals surface area contributed by atoms with Gasteiger partial charge in [0.25, 0.3) is 5.91 Å². The molecular formula is C21H28N4O. The van der Waals surface area contributed by atoms with Gasteiger partial charge in [-0.2, -0.15) is 0 Å². The van der Waals surface area contributed by atoms with Crippen LogP contribution in [0.15, 0.2) is 48.7 Å². The number of hydrogen-bond donors (Lipinski definition) is 1. The van der Waals surface area contributed by atoms with E-state index in [-0.39, 0.29) is 11.4 Å². The van der Waals surface area contributed by atoms with Crippen molar-refractivity contribution in [1.82, 2.24) is 15.2 Å². The average molecular weight is 352 g/mol. The SMILES string of the molecule is CC(C)(C)NC(=O)c1cc(N2CCN(Cc3ccccc3)CC2)ccn1. The third kappa shape index (κ3) is 5.05. The number of carbonyl (C=O) groups is 1. The van der Waals surface area contributed by atoms with Gasteiger partial charge in [-0.3, -0.25) is 14.7 Å². The molecule has 2 aromatic rings. The first-order valence-corrected chi connectivity index (χ1v) is 9.20. The minimum atomic E-state index is -0.266. The van der Waals surface area contributed by atoms with Gasteiger partial charge in [-0.15, -0.1) is 0 Å². The molecule has 1 amide bonds. The van der Waals surface area contributed by atoms with E-state index in [1.165, 1.54) is 5.56 Å². The van der Waals surface area contributed by atoms with E-state index in [0.717, 1.165) is 38.4 Å². The summed E-state index contributed by atoms with van der Waals surface area (Å²) in [5.74, 6) is -0.123. The predicted molar refractivity (Wildman–Crippen MR) is 105 cm³/mol. The van der Waals surface area contributed by atoms with Gasteiger partial charge in [0.15, 0.2) is 0 Å². The number of aromatic nitrogens is 1. The van der Waals surface area contributed by atoms with Gasteiger partial charge in [-0.25, -0.2) is 0 Å². The van der Waals surface area contributed by atoms with Crippen LogP contribution in [0.5, 0.6) is 0 Å². The lowest BCUT2D eigenvalue weighted by atomic mass is 10.1. The number of amides is 1. The van der Waals surface area contributed by atoms with Gasteiger partial charge in [0.1, 0.15) is 5.69 Å². The van der Waals surface area contributed by atoms with Gasteiger partial charge in [-0.05, 0) is 38.5 Å². The van der Waals surface area contributed by atoms with E-state index in [1.54, 1.807) is 6.20 Å². The maximum absolute atomic E-state index is 12.4. The van der Waals surface area contributed by atoms with E-state index >= 15 is 0 Å². The topological polar surface area (TPSA) is 48.5 Å². The first-order valence-electron chi connectivity index (χ1n) is 9.20. The second-order valence-electron chi connectivity index (χ2n) is 7.85. The molecule has 0 unspecified atom stereocenters. The van der Waals surface area contributed by atoms with Crippen molar-refractivity contribution in [2.75, 3.05) is 31.1 Å². The molecule has 0 bridgehead atoms. The standard InChI is InChI=1S/C21H28N4O/c1-21(2,3)23-20(26)19-15-18(9-10-22-19)25-13-11-24(12-14-25)16-17-7-5-4-6-8-17/h4-10,15H,11-14,16H2,1-3H3,(H,23,26). The van der Waals surface area contributed by atoms with Crippen molar-refractivity contribution in [2.45, 2.75) is 32.9 Å². The molecule has 3 rings (SSSR count). The molecule has 1 saturated heterocycles. The molecule has 1 aliphatic heterocycles. The Hall–Kier alpha value is -2.40. The van der Waals surface area contributed by atoms with Crippen LogP contribution >= 0.6 is 0 Å². The summed E-state index contributed by atoms with van der Waals surface area (Å²) in [5, 5.41) is 2.97. The number of anilines is 1. The smallest absolute Gasteiger partial charge is 0.270 e. The summed E-state index contributed by atoms with van der Waals surface area (Å²) >= 11 is 0. The lowest BCUT2D eigenvalue weighted by Crippen LogP contribution is -2.46. The molecule has 1 aromatic heterocycles. The third-order valence-corrected chi connectivity index (χ3v) is 4.45. The maximum Gasteiger partial charge on any atom is 0.270 e. The molecule has 0 atom stereocenters. The highest BCUT2D eigenvalue weighted by molar-refractivity contribution is 5.93. The second-order valence-corrected chi connectivity index (χ2v) is 7.85. The molecule has 1 aromatic carbocycles. The van der Waals surface area contributed by atoms with Gasteiger partial charge in [0, 0.05) is 50.1 Å². The van der Waals surface area contributed by atoms with E-state index in [9.17, 15) is 4.79 Å². The van der Waals surface area contributed by atoms with Gasteiger partial charge in [0.05, 0.1) is 0 Å². The summed E-state index contributed by atoms with van der Waals surface area (Å²) in [4.78, 5) is 21.4. The number of rotatable bonds is 4. The second kappa shape index (κ2) is 7.87. The van der Waals surface area contributed by atoms with Crippen LogP contribution in [0.2, 0.25) is 0 Å². The highest BCUT2D eigenvalue weighted by Gasteiger charge is 2.20. The van der Waals surface area contributed by atoms with Gasteiger partial charge in [-0.1, -0.05) is 30.3 Å². The Morgan fingerprint density at radius 3 is 2.42 bits per heavy atom. The van der Waals surface area contributed by atoms with Crippen molar-refractivity contribution in [3.05, 3.63) is 59.9 Å². The van der Waals surface area contributed by atoms with E-state index in [4.69, 9.17) is 0 Å². The lowest BCUT2D eigenvalue weighted by Gasteiger charge is -2.36. The molecule has 1 N–H and O–H groups in total. The molecule has 5 heteroatoms. The zero-order valence-electron chi connectivity index (χ0n) is 15.9. The number of benzene rings is 1. The number of piperazine rings is 1. The Morgan fingerprint density at radius 1 is 1.08 bits per heavy atom. The molecule has 0 radical (unpaired) electrons. The predicted octanol–water partition coefficient (Wildman–Crippen LogP) is 2.93. The van der Waals surface area contributed by atoms with E-state index < -0.39 is 0 Å². The zero-order chi connectivity index (χ0) is 18.6. The van der Waals surface area contributed by atoms with Crippen molar-refractivity contribution < 1.29 is 4.79 Å². The van der Waals surface area contributed by atoms with Crippen molar-refractivity contribution in [3.8, 4) is 0 Å². The lowest BCUT2D eigenvalue weighted by molar-refractivity contribution is 0.0914. The van der Waals surface area contributed by atoms with E-state index in [2.05, 4.69) is 50.4 Å². The van der Waals surface area contributed by atoms with Gasteiger partial charge < -0.3 is 10.2 Å². The largest absolute Gasteiger partial charge is 0.369 e. The summed E-state index contributed by atoms with van der Waals surface area (Å²) in [5.41, 5.74) is 2.63. The average Bonchev–Trinajstić information content (AvgIpc) is 2.62. The van der Waals surface area contributed by atoms with Crippen LogP contribution in [0.25, 0.3) is 0 Å². The highest BCUT2D eigenvalue weighted by Crippen LogP contribution is 2.18. The quantitative estimate of drug-likeness (QED) is 0.919. The maximum atomic E-state index is 12.4. The number of nitrogens with zero attached hydrogens (tertiary/aromatic N) is 3. The van der Waals surface area contributed by atoms with Crippen LogP contribution in [0.4, 0.5) is 5.69 Å². The Bertz CT molecular complexity index is 731. The van der Waals surface area contributed by atoms with Crippen LogP contribution in [0, 0.1) is 0 Å². The zero-order valence-corrected chi connectivity index (χ0v) is 15.9. The van der Waals surface area contributed by atoms with Gasteiger partial charge in [0.2, 0.25) is 0 Å². The Morgan fingerprint density at radius 2 is 1.77 bits per heavy atom. The van der Waals surface area contributed by atoms with E-state index in [0.29, 0.717) is 5.69 Å². The Balaban J connectivity index is 1.59. The Labute approximate surface area is 156 Å². The summed E-state index contributed by atoms with van der Waals surface area (Å²) in [6.07, 6.45) is 1.73. The summed E-state index contributed by atoms with van der Waals surface area (Å²) in [7, 11) is 0. The first-order chi connectivity index (χ1) is 12.4. The summed E-state index contributed by atoms with van der Waals surface area (Å²) in [6.45, 7) is 10.8. The Kier molecular flexibility index (Phi) is 5.57. The summed E-state index contributed by atoms with van der Waals surface area (Å²) < 4.78 is 0. The molecule has 1 fully saturated rings. The van der Waals surface area contributed by atoms with Crippen molar-refractivity contribution in [1.29, 1.82) is 0 Å². The molecule has 26 heavy (non-hydrogen) atoms. The molecule has 5 nitrogen and oxygen atoms in total. The summed E-state index contributed by atoms with van der Waals surface area (Å²) in [6, 6.07) is 14.5. The number of pyridine rings is 1. The van der Waals surface area contributed by atoms with Gasteiger partial charge >= 0.3 is 0 Å². The van der Waals surface area contributed by atoms with E-state index in [1.807, 2.05) is 32.9 Å². The number of carbonyl (C=O) groups excluding carboxylic acids is 1. The minimum Gasteiger partial charge on any atom is -0.369 e. The first kappa shape index (κ1) is 18.4. The molecular weight excluding hydrogens is 324 g/mol. The fourth-order valence-electron chi connectivity index (χ4n) is 3.15. The monoisotopic (exact) mass is 352 g/mol. The molecule has 0 aliphatic carbocycles. The normalized spacial score (nSPS) is 15.7. The third-order valence-electron chi connectivity index (χ3n) is 4.45. The van der Waals surface area contributed by atoms with Crippen LogP contribution in [-0.4, -0.2) is 47.5 Å². The van der Waals surface area contributed by atoms with Crippen LogP contribution in [0.3, 0.4) is 0 Å². The van der Waals surface area contributed by atoms with Crippen molar-refractivity contribution in [2.24, 2.45) is 0 Å². The van der Waals surface area contributed by atoms with Crippen LogP contribution < -0.4 is 10.2 Å². The molecule has 138 valence electrons. The number of hydrogen-bond acceptors (Lipinski definition) is 4. The number of nitrogens with one attached hydrogen (secondary N) is 1. The highest BCUT2D eigenvalue weighted by atomic mass is 16.2. The van der Waals surface area contributed by atoms with Crippen LogP contribution in [0.1, 0.15) is 36.8 Å². The van der Waals surface area contributed by atoms with Crippen molar-refractivity contribution in [3.63, 3.8) is 0 Å². The molecule has 1 aliphatic rings. The fraction of sp³-hybridized carbons (Fsp3) is 0.429. The molecule has 0 spiro atoms. The minimum absolute atomic E-state index is 0.123. The van der Waals surface area contributed by atoms with Crippen LogP contribution in [-0.2, 0) is 6.54 Å². The fourth-order valence-corrected chi connectivity index (χ4v) is 3.15. The molecule has 2 heterocycles. The van der Waals surface area contributed by atoms with Crippen molar-refractivity contribution >= 4 is 11.6 Å².